The minimum Gasteiger partial charge on any atom is -0.369 e. The summed E-state index contributed by atoms with van der Waals surface area (Å²) in [6, 6.07) is 15.6. The average molecular weight is 395 g/mol. The molecule has 0 saturated carbocycles. The number of hydrogen-bond donors (Lipinski definition) is 2. The van der Waals surface area contributed by atoms with E-state index in [4.69, 9.17) is 5.73 Å². The van der Waals surface area contributed by atoms with Crippen LogP contribution in [0.25, 0.3) is 11.0 Å². The number of hydrogen-bond acceptors (Lipinski definition) is 4. The number of para-hydroxylation sites is 2. The van der Waals surface area contributed by atoms with Crippen molar-refractivity contribution in [3.63, 3.8) is 0 Å². The molecule has 3 N–H and O–H groups in total. The molecule has 0 bridgehead atoms. The van der Waals surface area contributed by atoms with Crippen LogP contribution in [0.1, 0.15) is 28.8 Å². The molecule has 1 unspecified atom stereocenters. The Morgan fingerprint density at radius 3 is 2.71 bits per heavy atom. The van der Waals surface area contributed by atoms with Gasteiger partial charge in [0.25, 0.3) is 5.91 Å². The maximum Gasteiger partial charge on any atom is 0.253 e. The Labute approximate surface area is 167 Å². The molecule has 144 valence electrons. The van der Waals surface area contributed by atoms with Gasteiger partial charge in [-0.3, -0.25) is 9.59 Å². The number of primary amides is 1. The second kappa shape index (κ2) is 8.06. The quantitative estimate of drug-likeness (QED) is 0.650. The van der Waals surface area contributed by atoms with Gasteiger partial charge in [0.05, 0.1) is 17.0 Å². The molecule has 1 aliphatic heterocycles. The van der Waals surface area contributed by atoms with E-state index in [9.17, 15) is 9.59 Å². The third-order valence-corrected chi connectivity index (χ3v) is 6.00. The van der Waals surface area contributed by atoms with Gasteiger partial charge >= 0.3 is 0 Å². The Balaban J connectivity index is 1.38. The molecule has 1 aliphatic rings. The summed E-state index contributed by atoms with van der Waals surface area (Å²) < 4.78 is 0. The first-order valence-corrected chi connectivity index (χ1v) is 10.3. The molecule has 2 aromatic carbocycles. The number of nitrogens with two attached hydrogens (primary N) is 1. The minimum absolute atomic E-state index is 0.0394. The lowest BCUT2D eigenvalue weighted by atomic mass is 9.97. The van der Waals surface area contributed by atoms with E-state index in [1.54, 1.807) is 16.7 Å². The smallest absolute Gasteiger partial charge is 0.253 e. The van der Waals surface area contributed by atoms with Crippen molar-refractivity contribution in [1.29, 1.82) is 0 Å². The SMILES string of the molecule is NC(=O)C1CCCN(C(=O)c2ccc(CSc3nc4ccccc4[nH]3)cc2)C1. The van der Waals surface area contributed by atoms with E-state index in [1.807, 2.05) is 48.5 Å². The van der Waals surface area contributed by atoms with Gasteiger partial charge in [-0.15, -0.1) is 0 Å². The van der Waals surface area contributed by atoms with Crippen molar-refractivity contribution in [3.8, 4) is 0 Å². The van der Waals surface area contributed by atoms with Crippen LogP contribution in [0.4, 0.5) is 0 Å². The molecule has 1 fully saturated rings. The van der Waals surface area contributed by atoms with E-state index in [0.29, 0.717) is 18.7 Å². The summed E-state index contributed by atoms with van der Waals surface area (Å²) in [4.78, 5) is 33.7. The lowest BCUT2D eigenvalue weighted by molar-refractivity contribution is -0.123. The molecule has 7 heteroatoms. The molecule has 0 spiro atoms. The summed E-state index contributed by atoms with van der Waals surface area (Å²) in [5, 5.41) is 0.882. The van der Waals surface area contributed by atoms with Crippen LogP contribution in [0.2, 0.25) is 0 Å². The predicted octanol–water partition coefficient (Wildman–Crippen LogP) is 3.19. The number of fused-ring (bicyclic) bond motifs is 1. The second-order valence-electron chi connectivity index (χ2n) is 7.04. The number of carbonyl (C=O) groups excluding carboxylic acids is 2. The van der Waals surface area contributed by atoms with E-state index in [-0.39, 0.29) is 17.7 Å². The van der Waals surface area contributed by atoms with Crippen molar-refractivity contribution in [1.82, 2.24) is 14.9 Å². The predicted molar refractivity (Wildman–Crippen MR) is 110 cm³/mol. The monoisotopic (exact) mass is 394 g/mol. The standard InChI is InChI=1S/C21H22N4O2S/c22-19(26)16-4-3-11-25(12-16)20(27)15-9-7-14(8-10-15)13-28-21-23-17-5-1-2-6-18(17)24-21/h1-2,5-10,16H,3-4,11-13H2,(H2,22,26)(H,23,24). The molecule has 4 rings (SSSR count). The van der Waals surface area contributed by atoms with Gasteiger partial charge in [-0.25, -0.2) is 4.98 Å². The van der Waals surface area contributed by atoms with Gasteiger partial charge in [-0.05, 0) is 42.7 Å². The zero-order valence-electron chi connectivity index (χ0n) is 15.4. The highest BCUT2D eigenvalue weighted by Gasteiger charge is 2.27. The summed E-state index contributed by atoms with van der Waals surface area (Å²) in [6.45, 7) is 1.09. The first kappa shape index (κ1) is 18.6. The van der Waals surface area contributed by atoms with Gasteiger partial charge < -0.3 is 15.6 Å². The summed E-state index contributed by atoms with van der Waals surface area (Å²) >= 11 is 1.63. The van der Waals surface area contributed by atoms with E-state index in [1.165, 1.54) is 0 Å². The van der Waals surface area contributed by atoms with Gasteiger partial charge in [0.15, 0.2) is 5.16 Å². The zero-order chi connectivity index (χ0) is 19.5. The van der Waals surface area contributed by atoms with Gasteiger partial charge in [0.2, 0.25) is 5.91 Å². The minimum atomic E-state index is -0.324. The van der Waals surface area contributed by atoms with E-state index in [0.717, 1.165) is 40.3 Å². The highest BCUT2D eigenvalue weighted by atomic mass is 32.2. The number of likely N-dealkylation sites (tertiary alicyclic amines) is 1. The fourth-order valence-electron chi connectivity index (χ4n) is 3.47. The maximum atomic E-state index is 12.7. The fraction of sp³-hybridized carbons (Fsp3) is 0.286. The highest BCUT2D eigenvalue weighted by Crippen LogP contribution is 2.24. The number of carbonyl (C=O) groups is 2. The van der Waals surface area contributed by atoms with Crippen LogP contribution < -0.4 is 5.73 Å². The number of amides is 2. The highest BCUT2D eigenvalue weighted by molar-refractivity contribution is 7.98. The average Bonchev–Trinajstić information content (AvgIpc) is 3.15. The van der Waals surface area contributed by atoms with Crippen LogP contribution in [0, 0.1) is 5.92 Å². The number of nitrogens with one attached hydrogen (secondary N) is 1. The molecule has 0 radical (unpaired) electrons. The molecule has 6 nitrogen and oxygen atoms in total. The zero-order valence-corrected chi connectivity index (χ0v) is 16.2. The molecule has 1 atom stereocenters. The lowest BCUT2D eigenvalue weighted by Gasteiger charge is -2.31. The molecule has 2 heterocycles. The molecule has 2 amide bonds. The number of H-pyrrole nitrogens is 1. The largest absolute Gasteiger partial charge is 0.369 e. The second-order valence-corrected chi connectivity index (χ2v) is 8.00. The van der Waals surface area contributed by atoms with Crippen LogP contribution in [0.15, 0.2) is 53.7 Å². The number of aromatic nitrogens is 2. The van der Waals surface area contributed by atoms with E-state index >= 15 is 0 Å². The number of imidazole rings is 1. The van der Waals surface area contributed by atoms with Gasteiger partial charge in [-0.2, -0.15) is 0 Å². The Morgan fingerprint density at radius 2 is 1.96 bits per heavy atom. The number of benzene rings is 2. The van der Waals surface area contributed by atoms with E-state index < -0.39 is 0 Å². The van der Waals surface area contributed by atoms with Crippen molar-refractivity contribution >= 4 is 34.6 Å². The Morgan fingerprint density at radius 1 is 1.18 bits per heavy atom. The fourth-order valence-corrected chi connectivity index (χ4v) is 4.31. The molecule has 28 heavy (non-hydrogen) atoms. The van der Waals surface area contributed by atoms with Crippen molar-refractivity contribution < 1.29 is 9.59 Å². The first-order chi connectivity index (χ1) is 13.6. The lowest BCUT2D eigenvalue weighted by Crippen LogP contribution is -2.44. The molecule has 1 saturated heterocycles. The molecular formula is C21H22N4O2S. The van der Waals surface area contributed by atoms with Gasteiger partial charge in [-0.1, -0.05) is 36.0 Å². The molecular weight excluding hydrogens is 372 g/mol. The van der Waals surface area contributed by atoms with Crippen LogP contribution in [-0.2, 0) is 10.5 Å². The summed E-state index contributed by atoms with van der Waals surface area (Å²) in [7, 11) is 0. The number of aromatic amines is 1. The van der Waals surface area contributed by atoms with Crippen LogP contribution in [0.3, 0.4) is 0 Å². The first-order valence-electron chi connectivity index (χ1n) is 9.35. The molecule has 3 aromatic rings. The Bertz CT molecular complexity index is 966. The Hall–Kier alpha value is -2.80. The van der Waals surface area contributed by atoms with Gasteiger partial charge in [0.1, 0.15) is 0 Å². The number of nitrogens with zero attached hydrogens (tertiary/aromatic N) is 2. The van der Waals surface area contributed by atoms with Gasteiger partial charge in [0, 0.05) is 24.4 Å². The van der Waals surface area contributed by atoms with Crippen molar-refractivity contribution in [3.05, 3.63) is 59.7 Å². The normalized spacial score (nSPS) is 17.0. The third kappa shape index (κ3) is 4.04. The topological polar surface area (TPSA) is 92.1 Å². The Kier molecular flexibility index (Phi) is 5.34. The van der Waals surface area contributed by atoms with Crippen LogP contribution >= 0.6 is 11.8 Å². The maximum absolute atomic E-state index is 12.7. The number of piperidine rings is 1. The van der Waals surface area contributed by atoms with Crippen LogP contribution in [-0.4, -0.2) is 39.8 Å². The van der Waals surface area contributed by atoms with E-state index in [2.05, 4.69) is 9.97 Å². The number of rotatable bonds is 5. The van der Waals surface area contributed by atoms with Crippen molar-refractivity contribution in [2.45, 2.75) is 23.8 Å². The third-order valence-electron chi connectivity index (χ3n) is 5.06. The molecule has 0 aliphatic carbocycles. The van der Waals surface area contributed by atoms with Crippen LogP contribution in [0.5, 0.6) is 0 Å². The summed E-state index contributed by atoms with van der Waals surface area (Å²) in [5.41, 5.74) is 9.16. The number of thioether (sulfide) groups is 1. The molecule has 1 aromatic heterocycles. The summed E-state index contributed by atoms with van der Waals surface area (Å²) in [6.07, 6.45) is 1.57. The van der Waals surface area contributed by atoms with Crippen molar-refractivity contribution in [2.24, 2.45) is 11.7 Å². The van der Waals surface area contributed by atoms with Crippen molar-refractivity contribution in [2.75, 3.05) is 13.1 Å². The summed E-state index contributed by atoms with van der Waals surface area (Å²) in [5.74, 6) is 0.164.